The molecule has 0 aliphatic carbocycles. The molecule has 1 aromatic carbocycles. The zero-order chi connectivity index (χ0) is 9.26. The first-order valence-electron chi connectivity index (χ1n) is 3.93. The molecule has 0 amide bonds. The van der Waals surface area contributed by atoms with E-state index < -0.39 is 6.04 Å². The molecule has 0 aliphatic rings. The molecule has 2 aromatic rings. The van der Waals surface area contributed by atoms with E-state index in [1.165, 1.54) is 0 Å². The number of nitrogens with two attached hydrogens (primary N) is 1. The van der Waals surface area contributed by atoms with Crippen LogP contribution in [0.4, 0.5) is 0 Å². The van der Waals surface area contributed by atoms with Crippen LogP contribution >= 0.6 is 11.3 Å². The first-order chi connectivity index (χ1) is 6.31. The van der Waals surface area contributed by atoms with Gasteiger partial charge in [-0.05, 0) is 17.5 Å². The third kappa shape index (κ3) is 1.48. The monoisotopic (exact) mass is 190 g/mol. The average molecular weight is 190 g/mol. The molecular formula is C10H8NOS. The summed E-state index contributed by atoms with van der Waals surface area (Å²) in [5, 5.41) is 1.13. The second-order valence-electron chi connectivity index (χ2n) is 2.78. The molecule has 0 aliphatic heterocycles. The second-order valence-corrected chi connectivity index (χ2v) is 3.90. The zero-order valence-electron chi connectivity index (χ0n) is 6.86. The smallest absolute Gasteiger partial charge is 0.222 e. The third-order valence-electron chi connectivity index (χ3n) is 1.88. The number of benzene rings is 1. The summed E-state index contributed by atoms with van der Waals surface area (Å²) < 4.78 is 1.16. The highest BCUT2D eigenvalue weighted by atomic mass is 32.1. The zero-order valence-corrected chi connectivity index (χ0v) is 7.67. The van der Waals surface area contributed by atoms with Crippen LogP contribution in [-0.4, -0.2) is 6.29 Å². The highest BCUT2D eigenvalue weighted by Crippen LogP contribution is 2.27. The predicted octanol–water partition coefficient (Wildman–Crippen LogP) is 2.01. The van der Waals surface area contributed by atoms with E-state index in [0.717, 1.165) is 15.0 Å². The minimum absolute atomic E-state index is 0.600. The quantitative estimate of drug-likeness (QED) is 0.787. The van der Waals surface area contributed by atoms with E-state index in [1.54, 1.807) is 17.6 Å². The van der Waals surface area contributed by atoms with Gasteiger partial charge in [-0.2, -0.15) is 0 Å². The van der Waals surface area contributed by atoms with Crippen molar-refractivity contribution in [2.75, 3.05) is 0 Å². The Hall–Kier alpha value is -1.19. The van der Waals surface area contributed by atoms with Crippen LogP contribution in [0.3, 0.4) is 0 Å². The van der Waals surface area contributed by atoms with Gasteiger partial charge in [-0.3, -0.25) is 4.79 Å². The molecule has 1 radical (unpaired) electrons. The van der Waals surface area contributed by atoms with Gasteiger partial charge in [0.1, 0.15) is 6.04 Å². The summed E-state index contributed by atoms with van der Waals surface area (Å²) in [6, 6.07) is 9.30. The van der Waals surface area contributed by atoms with Crippen molar-refractivity contribution in [3.05, 3.63) is 35.2 Å². The Bertz CT molecular complexity index is 402. The maximum absolute atomic E-state index is 10.3. The number of fused-ring (bicyclic) bond motifs is 1. The standard InChI is InChI=1S/C10H8NOS/c11-8(6-12)10-5-7-3-1-2-4-9(7)13-10/h1-5,8H,11H2. The molecule has 1 unspecified atom stereocenters. The fraction of sp³-hybridized carbons (Fsp3) is 0.100. The van der Waals surface area contributed by atoms with Crippen LogP contribution in [0.5, 0.6) is 0 Å². The molecule has 0 fully saturated rings. The molecule has 1 aromatic heterocycles. The van der Waals surface area contributed by atoms with Gasteiger partial charge in [-0.1, -0.05) is 18.2 Å². The second kappa shape index (κ2) is 3.28. The van der Waals surface area contributed by atoms with E-state index in [2.05, 4.69) is 0 Å². The number of rotatable bonds is 2. The Kier molecular flexibility index (Phi) is 2.12. The van der Waals surface area contributed by atoms with Crippen molar-refractivity contribution >= 4 is 27.7 Å². The third-order valence-corrected chi connectivity index (χ3v) is 3.08. The minimum Gasteiger partial charge on any atom is -0.317 e. The highest BCUT2D eigenvalue weighted by molar-refractivity contribution is 7.19. The molecule has 2 rings (SSSR count). The van der Waals surface area contributed by atoms with Crippen molar-refractivity contribution in [1.29, 1.82) is 0 Å². The lowest BCUT2D eigenvalue weighted by molar-refractivity contribution is 0.545. The Morgan fingerprint density at radius 1 is 1.38 bits per heavy atom. The van der Waals surface area contributed by atoms with Gasteiger partial charge in [-0.25, -0.2) is 0 Å². The molecule has 0 saturated carbocycles. The molecular weight excluding hydrogens is 182 g/mol. The highest BCUT2D eigenvalue weighted by Gasteiger charge is 2.08. The molecule has 2 nitrogen and oxygen atoms in total. The Morgan fingerprint density at radius 2 is 2.15 bits per heavy atom. The fourth-order valence-corrected chi connectivity index (χ4v) is 2.22. The summed E-state index contributed by atoms with van der Waals surface area (Å²) in [6.07, 6.45) is 1.78. The molecule has 1 heterocycles. The lowest BCUT2D eigenvalue weighted by atomic mass is 10.2. The van der Waals surface area contributed by atoms with Gasteiger partial charge in [0.05, 0.1) is 0 Å². The molecule has 3 heteroatoms. The normalized spacial score (nSPS) is 13.0. The van der Waals surface area contributed by atoms with E-state index in [4.69, 9.17) is 5.73 Å². The molecule has 13 heavy (non-hydrogen) atoms. The van der Waals surface area contributed by atoms with E-state index in [1.807, 2.05) is 30.3 Å². The molecule has 65 valence electrons. The number of hydrogen-bond acceptors (Lipinski definition) is 3. The summed E-state index contributed by atoms with van der Waals surface area (Å²) in [6.45, 7) is 0. The lowest BCUT2D eigenvalue weighted by Gasteiger charge is -1.94. The van der Waals surface area contributed by atoms with E-state index in [9.17, 15) is 4.79 Å². The molecule has 0 saturated heterocycles. The van der Waals surface area contributed by atoms with Gasteiger partial charge in [0, 0.05) is 9.58 Å². The van der Waals surface area contributed by atoms with E-state index in [-0.39, 0.29) is 0 Å². The molecule has 0 bridgehead atoms. The van der Waals surface area contributed by atoms with E-state index >= 15 is 0 Å². The maximum Gasteiger partial charge on any atom is 0.222 e. The van der Waals surface area contributed by atoms with Crippen LogP contribution in [0.2, 0.25) is 0 Å². The van der Waals surface area contributed by atoms with Gasteiger partial charge in [-0.15, -0.1) is 11.3 Å². The predicted molar refractivity (Wildman–Crippen MR) is 54.4 cm³/mol. The number of thiophene rings is 1. The summed E-state index contributed by atoms with van der Waals surface area (Å²) in [7, 11) is 0. The minimum atomic E-state index is -0.600. The van der Waals surface area contributed by atoms with Crippen LogP contribution in [-0.2, 0) is 4.79 Å². The van der Waals surface area contributed by atoms with Crippen LogP contribution < -0.4 is 5.73 Å². The summed E-state index contributed by atoms with van der Waals surface area (Å²) in [5.41, 5.74) is 5.54. The van der Waals surface area contributed by atoms with Gasteiger partial charge in [0.2, 0.25) is 6.29 Å². The Labute approximate surface area is 80.0 Å². The largest absolute Gasteiger partial charge is 0.317 e. The number of carbonyl (C=O) groups excluding carboxylic acids is 1. The van der Waals surface area contributed by atoms with Crippen LogP contribution in [0.25, 0.3) is 10.1 Å². The first-order valence-corrected chi connectivity index (χ1v) is 4.74. The van der Waals surface area contributed by atoms with Crippen LogP contribution in [0, 0.1) is 0 Å². The van der Waals surface area contributed by atoms with Gasteiger partial charge < -0.3 is 5.73 Å². The first kappa shape index (κ1) is 8.41. The summed E-state index contributed by atoms with van der Waals surface area (Å²) >= 11 is 1.54. The van der Waals surface area contributed by atoms with Crippen LogP contribution in [0.1, 0.15) is 10.9 Å². The topological polar surface area (TPSA) is 43.1 Å². The summed E-state index contributed by atoms with van der Waals surface area (Å²) in [4.78, 5) is 11.2. The lowest BCUT2D eigenvalue weighted by Crippen LogP contribution is -2.08. The molecule has 1 atom stereocenters. The van der Waals surface area contributed by atoms with Crippen molar-refractivity contribution in [2.45, 2.75) is 6.04 Å². The van der Waals surface area contributed by atoms with Crippen molar-refractivity contribution in [3.8, 4) is 0 Å². The SMILES string of the molecule is NC([C]=O)c1cc2ccccc2s1. The fourth-order valence-electron chi connectivity index (χ4n) is 1.21. The van der Waals surface area contributed by atoms with Crippen molar-refractivity contribution in [3.63, 3.8) is 0 Å². The molecule has 0 spiro atoms. The van der Waals surface area contributed by atoms with Gasteiger partial charge >= 0.3 is 0 Å². The van der Waals surface area contributed by atoms with Crippen molar-refractivity contribution in [1.82, 2.24) is 0 Å². The maximum atomic E-state index is 10.3. The van der Waals surface area contributed by atoms with Crippen molar-refractivity contribution < 1.29 is 4.79 Å². The van der Waals surface area contributed by atoms with Gasteiger partial charge in [0.15, 0.2) is 0 Å². The Balaban J connectivity index is 2.55. The van der Waals surface area contributed by atoms with E-state index in [0.29, 0.717) is 0 Å². The summed E-state index contributed by atoms with van der Waals surface area (Å²) in [5.74, 6) is 0. The average Bonchev–Trinajstić information content (AvgIpc) is 2.59. The number of hydrogen-bond donors (Lipinski definition) is 1. The molecule has 2 N–H and O–H groups in total. The Morgan fingerprint density at radius 3 is 2.85 bits per heavy atom. The van der Waals surface area contributed by atoms with Gasteiger partial charge in [0.25, 0.3) is 0 Å². The van der Waals surface area contributed by atoms with Crippen LogP contribution in [0.15, 0.2) is 30.3 Å². The van der Waals surface area contributed by atoms with Crippen molar-refractivity contribution in [2.24, 2.45) is 5.73 Å².